The Hall–Kier alpha value is -0.880. The van der Waals surface area contributed by atoms with Crippen LogP contribution in [0.5, 0.6) is 0 Å². The third-order valence-corrected chi connectivity index (χ3v) is 5.51. The van der Waals surface area contributed by atoms with E-state index in [4.69, 9.17) is 0 Å². The van der Waals surface area contributed by atoms with Crippen LogP contribution in [0.1, 0.15) is 0 Å². The van der Waals surface area contributed by atoms with Gasteiger partial charge < -0.3 is 0 Å². The van der Waals surface area contributed by atoms with Crippen LogP contribution in [-0.2, 0) is 0 Å². The molecule has 0 rings (SSSR count). The van der Waals surface area contributed by atoms with E-state index in [0.717, 1.165) is 0 Å². The first-order chi connectivity index (χ1) is 17.0. The summed E-state index contributed by atoms with van der Waals surface area (Å²) in [6.07, 6.45) is -16.3. The van der Waals surface area contributed by atoms with Crippen molar-refractivity contribution in [2.45, 2.75) is 75.1 Å². The van der Waals surface area contributed by atoms with Gasteiger partial charge in [-0.1, -0.05) is 34.8 Å². The first-order valence-electron chi connectivity index (χ1n) is 8.29. The Kier molecular flexibility index (Phi) is 9.35. The van der Waals surface area contributed by atoms with Gasteiger partial charge in [0.05, 0.1) is 0 Å². The molecule has 41 heavy (non-hydrogen) atoms. The van der Waals surface area contributed by atoms with E-state index >= 15 is 0 Å². The predicted octanol–water partition coefficient (Wildman–Crippen LogP) is 9.91. The highest BCUT2D eigenvalue weighted by molar-refractivity contribution is 6.68. The zero-order valence-corrected chi connectivity index (χ0v) is 19.4. The van der Waals surface area contributed by atoms with Gasteiger partial charge in [-0.2, -0.15) is 105 Å². The quantitative estimate of drug-likeness (QED) is 0.163. The summed E-state index contributed by atoms with van der Waals surface area (Å²) >= 11 is 11.8. The van der Waals surface area contributed by atoms with Crippen molar-refractivity contribution < 1.29 is 110 Å². The molecule has 1 unspecified atom stereocenters. The Morgan fingerprint density at radius 3 is 0.561 bits per heavy atom. The zero-order valence-electron chi connectivity index (χ0n) is 17.1. The van der Waals surface area contributed by atoms with Crippen molar-refractivity contribution in [3.63, 3.8) is 0 Å². The van der Waals surface area contributed by atoms with Crippen LogP contribution in [-0.4, -0.2) is 75.1 Å². The fourth-order valence-corrected chi connectivity index (χ4v) is 3.04. The van der Waals surface area contributed by atoms with Gasteiger partial charge in [-0.15, -0.1) is 0 Å². The smallest absolute Gasteiger partial charge is 0.225 e. The van der Waals surface area contributed by atoms with E-state index in [0.29, 0.717) is 0 Å². The molecule has 0 aromatic heterocycles. The molecule has 248 valence electrons. The van der Waals surface area contributed by atoms with Crippen molar-refractivity contribution in [3.05, 3.63) is 0 Å². The molecule has 0 amide bonds. The SMILES string of the molecule is FC(F)(F)C(F)(F)C(F)(F)C(F)(F)C(F)(F)C(F)(F)C(F)(F)C(F)(F)C(F)(C(Cl)(Cl)Cl)C(F)(F)C(F)(F)C(F)(F)F. The maximum atomic E-state index is 14.6. The molecule has 0 aliphatic heterocycles. The van der Waals surface area contributed by atoms with E-state index < -0.39 is 75.1 Å². The summed E-state index contributed by atoms with van der Waals surface area (Å²) in [5.74, 6) is -82.8. The molecule has 0 heterocycles. The summed E-state index contributed by atoms with van der Waals surface area (Å²) in [7, 11) is 0. The Morgan fingerprint density at radius 2 is 0.366 bits per heavy atom. The van der Waals surface area contributed by atoms with Crippen molar-refractivity contribution in [3.8, 4) is 0 Å². The molecule has 0 N–H and O–H groups in total. The van der Waals surface area contributed by atoms with Gasteiger partial charge in [0.15, 0.2) is 0 Å². The van der Waals surface area contributed by atoms with Crippen LogP contribution in [0.3, 0.4) is 0 Å². The highest BCUT2D eigenvalue weighted by atomic mass is 35.6. The molecule has 0 aromatic carbocycles. The van der Waals surface area contributed by atoms with E-state index in [1.807, 2.05) is 0 Å². The van der Waals surface area contributed by atoms with Crippen LogP contribution in [0.4, 0.5) is 110 Å². The zero-order chi connectivity index (χ0) is 34.5. The second kappa shape index (κ2) is 9.56. The van der Waals surface area contributed by atoms with Gasteiger partial charge in [0.1, 0.15) is 0 Å². The predicted molar refractivity (Wildman–Crippen MR) is 80.8 cm³/mol. The summed E-state index contributed by atoms with van der Waals surface area (Å²) in [6.45, 7) is 0. The fraction of sp³-hybridized carbons (Fsp3) is 1.00. The molecule has 0 aliphatic carbocycles. The number of halogens is 28. The largest absolute Gasteiger partial charge is 0.460 e. The topological polar surface area (TPSA) is 0 Å². The second-order valence-electron chi connectivity index (χ2n) is 7.32. The number of rotatable bonds is 9. The van der Waals surface area contributed by atoms with E-state index in [-0.39, 0.29) is 0 Å². The van der Waals surface area contributed by atoms with E-state index in [1.165, 1.54) is 0 Å². The number of alkyl halides is 28. The minimum Gasteiger partial charge on any atom is -0.225 e. The highest BCUT2D eigenvalue weighted by Crippen LogP contribution is 2.70. The molecule has 0 radical (unpaired) electrons. The van der Waals surface area contributed by atoms with Crippen molar-refractivity contribution in [1.82, 2.24) is 0 Å². The Morgan fingerprint density at radius 1 is 0.220 bits per heavy atom. The second-order valence-corrected chi connectivity index (χ2v) is 9.60. The van der Waals surface area contributed by atoms with Crippen LogP contribution < -0.4 is 0 Å². The normalized spacial score (nSPS) is 18.4. The molecular weight excluding hydrogens is 737 g/mol. The minimum atomic E-state index is -9.62. The summed E-state index contributed by atoms with van der Waals surface area (Å²) in [6, 6.07) is 0. The lowest BCUT2D eigenvalue weighted by Gasteiger charge is -2.49. The molecule has 0 fully saturated rings. The number of hydrogen-bond donors (Lipinski definition) is 0. The maximum absolute atomic E-state index is 14.6. The molecule has 28 heteroatoms. The third-order valence-electron chi connectivity index (χ3n) is 4.73. The lowest BCUT2D eigenvalue weighted by molar-refractivity contribution is -0.474. The van der Waals surface area contributed by atoms with Gasteiger partial charge in [-0.05, 0) is 0 Å². The van der Waals surface area contributed by atoms with Gasteiger partial charge in [-0.25, -0.2) is 4.39 Å². The van der Waals surface area contributed by atoms with Crippen LogP contribution in [0.25, 0.3) is 0 Å². The minimum absolute atomic E-state index is 3.95. The molecule has 0 saturated heterocycles. The van der Waals surface area contributed by atoms with E-state index in [1.54, 1.807) is 0 Å². The summed E-state index contributed by atoms with van der Waals surface area (Å²) in [4.78, 5) is 0. The monoisotopic (exact) mass is 736 g/mol. The van der Waals surface area contributed by atoms with Crippen molar-refractivity contribution >= 4 is 34.8 Å². The van der Waals surface area contributed by atoms with Gasteiger partial charge in [0, 0.05) is 0 Å². The van der Waals surface area contributed by atoms with Crippen molar-refractivity contribution in [1.29, 1.82) is 0 Å². The van der Waals surface area contributed by atoms with Gasteiger partial charge in [-0.3, -0.25) is 0 Å². The highest BCUT2D eigenvalue weighted by Gasteiger charge is 3.01. The molecule has 0 aliphatic rings. The van der Waals surface area contributed by atoms with E-state index in [9.17, 15) is 110 Å². The fourth-order valence-electron chi connectivity index (χ4n) is 2.33. The average molecular weight is 737 g/mol. The van der Waals surface area contributed by atoms with Gasteiger partial charge in [0.2, 0.25) is 3.79 Å². The Labute approximate surface area is 220 Å². The molecule has 0 nitrogen and oxygen atoms in total. The lowest BCUT2D eigenvalue weighted by Crippen LogP contribution is -2.81. The molecule has 0 saturated carbocycles. The number of hydrogen-bond acceptors (Lipinski definition) is 0. The standard InChI is InChI=1S/C13Cl3F25/c14-11(15,16)1(17,3(20,21)9(32,33)12(36,37)38)2(18,19)4(22,23)5(24,25)6(26,27)7(28,29)8(30,31)10(34,35)13(39,40)41. The van der Waals surface area contributed by atoms with Crippen molar-refractivity contribution in [2.75, 3.05) is 0 Å². The first-order valence-corrected chi connectivity index (χ1v) is 9.43. The van der Waals surface area contributed by atoms with Gasteiger partial charge in [0.25, 0.3) is 5.67 Å². The van der Waals surface area contributed by atoms with Crippen LogP contribution in [0.15, 0.2) is 0 Å². The van der Waals surface area contributed by atoms with Crippen LogP contribution in [0, 0.1) is 0 Å². The van der Waals surface area contributed by atoms with Crippen molar-refractivity contribution in [2.24, 2.45) is 0 Å². The van der Waals surface area contributed by atoms with E-state index in [2.05, 4.69) is 34.8 Å². The summed E-state index contributed by atoms with van der Waals surface area (Å²) in [5.41, 5.74) is -8.66. The molecular formula is C13Cl3F25. The maximum Gasteiger partial charge on any atom is 0.460 e. The lowest BCUT2D eigenvalue weighted by atomic mass is 9.79. The average Bonchev–Trinajstić information content (AvgIpc) is 2.69. The Balaban J connectivity index is 7.78. The van der Waals surface area contributed by atoms with Crippen LogP contribution in [0.2, 0.25) is 0 Å². The van der Waals surface area contributed by atoms with Crippen LogP contribution >= 0.6 is 34.8 Å². The summed E-state index contributed by atoms with van der Waals surface area (Å²) < 4.78 is 324. The van der Waals surface area contributed by atoms with Gasteiger partial charge >= 0.3 is 65.7 Å². The first kappa shape index (κ1) is 40.1. The summed E-state index contributed by atoms with van der Waals surface area (Å²) in [5, 5.41) is 0. The molecule has 1 atom stereocenters. The Bertz CT molecular complexity index is 967. The molecule has 0 bridgehead atoms. The third kappa shape index (κ3) is 4.70. The molecule has 0 aromatic rings. The molecule has 0 spiro atoms.